The van der Waals surface area contributed by atoms with Gasteiger partial charge in [0.15, 0.2) is 5.78 Å². The molecule has 0 unspecified atom stereocenters. The van der Waals surface area contributed by atoms with E-state index in [0.29, 0.717) is 17.7 Å². The van der Waals surface area contributed by atoms with E-state index in [2.05, 4.69) is 0 Å². The van der Waals surface area contributed by atoms with Gasteiger partial charge in [0.1, 0.15) is 5.75 Å². The maximum atomic E-state index is 13.7. The molecule has 0 aliphatic rings. The Hall–Kier alpha value is -4.13. The zero-order valence-corrected chi connectivity index (χ0v) is 23.5. The number of para-hydroxylation sites is 2. The molecule has 3 N–H and O–H groups in total. The van der Waals surface area contributed by atoms with Crippen LogP contribution in [0.1, 0.15) is 74.2 Å². The number of nitrogens with zero attached hydrogens (tertiary/aromatic N) is 2. The molecule has 4 aromatic rings. The van der Waals surface area contributed by atoms with Crippen LogP contribution in [0.2, 0.25) is 0 Å². The molecule has 0 amide bonds. The lowest BCUT2D eigenvalue weighted by Gasteiger charge is -2.28. The monoisotopic (exact) mass is 527 g/mol. The van der Waals surface area contributed by atoms with E-state index < -0.39 is 5.97 Å². The minimum absolute atomic E-state index is 0.0121. The number of aromatic nitrogens is 2. The van der Waals surface area contributed by atoms with E-state index in [-0.39, 0.29) is 40.9 Å². The minimum atomic E-state index is -0.879. The number of hydrogen-bond donors (Lipinski definition) is 3. The average molecular weight is 528 g/mol. The minimum Gasteiger partial charge on any atom is -0.507 e. The number of aromatic hydroxyl groups is 1. The third-order valence-electron chi connectivity index (χ3n) is 7.04. The summed E-state index contributed by atoms with van der Waals surface area (Å²) in [7, 11) is 0. The van der Waals surface area contributed by atoms with Gasteiger partial charge < -0.3 is 19.3 Å². The zero-order chi connectivity index (χ0) is 28.7. The number of nitrogens with one attached hydrogen (secondary N) is 1. The summed E-state index contributed by atoms with van der Waals surface area (Å²) >= 11 is 0. The second-order valence-electron chi connectivity index (χ2n) is 12.2. The van der Waals surface area contributed by atoms with Gasteiger partial charge in [-0.1, -0.05) is 77.9 Å². The van der Waals surface area contributed by atoms with Gasteiger partial charge in [-0.2, -0.15) is 0 Å². The highest BCUT2D eigenvalue weighted by atomic mass is 16.4. The lowest BCUT2D eigenvalue weighted by atomic mass is 9.78. The van der Waals surface area contributed by atoms with Crippen molar-refractivity contribution < 1.29 is 19.8 Å². The summed E-state index contributed by atoms with van der Waals surface area (Å²) in [4.78, 5) is 24.7. The normalized spacial score (nSPS) is 12.2. The van der Waals surface area contributed by atoms with Gasteiger partial charge >= 0.3 is 5.97 Å². The van der Waals surface area contributed by atoms with E-state index in [1.54, 1.807) is 28.8 Å². The van der Waals surface area contributed by atoms with Gasteiger partial charge in [0.05, 0.1) is 30.5 Å². The van der Waals surface area contributed by atoms with Crippen LogP contribution in [0.15, 0.2) is 60.7 Å². The fraction of sp³-hybridized carbons (Fsp3) is 0.344. The second kappa shape index (κ2) is 10.2. The van der Waals surface area contributed by atoms with Crippen LogP contribution < -0.4 is 5.62 Å². The average Bonchev–Trinajstić information content (AvgIpc) is 3.09. The molecule has 0 spiro atoms. The van der Waals surface area contributed by atoms with Crippen molar-refractivity contribution in [2.45, 2.75) is 71.9 Å². The molecular weight excluding hydrogens is 490 g/mol. The van der Waals surface area contributed by atoms with Crippen LogP contribution in [0.3, 0.4) is 0 Å². The SMILES string of the molecule is CC(C)(C)c1cc(C(=O)Cn2c(=N)n(Cc3ccc(CC(=O)O)cc3)c3ccccc32)cc(C(C)(C)C)c1O. The number of imidazole rings is 1. The second-order valence-corrected chi connectivity index (χ2v) is 12.2. The third-order valence-corrected chi connectivity index (χ3v) is 7.04. The molecule has 0 saturated carbocycles. The lowest BCUT2D eigenvalue weighted by molar-refractivity contribution is -0.136. The summed E-state index contributed by atoms with van der Waals surface area (Å²) in [5, 5.41) is 29.1. The number of rotatable bonds is 7. The predicted octanol–water partition coefficient (Wildman–Crippen LogP) is 5.78. The molecule has 0 radical (unpaired) electrons. The van der Waals surface area contributed by atoms with Crippen LogP contribution in [0.4, 0.5) is 0 Å². The molecule has 7 nitrogen and oxygen atoms in total. The smallest absolute Gasteiger partial charge is 0.307 e. The van der Waals surface area contributed by atoms with E-state index in [4.69, 9.17) is 10.5 Å². The van der Waals surface area contributed by atoms with Crippen molar-refractivity contribution in [2.75, 3.05) is 0 Å². The molecule has 3 aromatic carbocycles. The summed E-state index contributed by atoms with van der Waals surface area (Å²) in [6.07, 6.45) is -0.0380. The molecule has 204 valence electrons. The molecule has 1 heterocycles. The molecule has 7 heteroatoms. The van der Waals surface area contributed by atoms with Crippen molar-refractivity contribution in [3.63, 3.8) is 0 Å². The van der Waals surface area contributed by atoms with Crippen LogP contribution in [-0.4, -0.2) is 31.1 Å². The Labute approximate surface area is 228 Å². The van der Waals surface area contributed by atoms with Gasteiger partial charge in [-0.3, -0.25) is 15.0 Å². The Morgan fingerprint density at radius 1 is 0.795 bits per heavy atom. The first-order valence-electron chi connectivity index (χ1n) is 13.1. The molecule has 0 atom stereocenters. The van der Waals surface area contributed by atoms with Crippen molar-refractivity contribution in [1.29, 1.82) is 5.41 Å². The Morgan fingerprint density at radius 3 is 1.77 bits per heavy atom. The van der Waals surface area contributed by atoms with E-state index in [1.807, 2.05) is 82.5 Å². The summed E-state index contributed by atoms with van der Waals surface area (Å²) in [5.74, 6) is -0.784. The van der Waals surface area contributed by atoms with Crippen LogP contribution in [0, 0.1) is 5.41 Å². The van der Waals surface area contributed by atoms with Gasteiger partial charge in [-0.25, -0.2) is 0 Å². The highest BCUT2D eigenvalue weighted by molar-refractivity contribution is 5.97. The van der Waals surface area contributed by atoms with E-state index in [9.17, 15) is 14.7 Å². The molecule has 4 rings (SSSR count). The zero-order valence-electron chi connectivity index (χ0n) is 23.5. The van der Waals surface area contributed by atoms with Crippen LogP contribution in [-0.2, 0) is 35.1 Å². The van der Waals surface area contributed by atoms with Crippen molar-refractivity contribution in [2.24, 2.45) is 0 Å². The maximum Gasteiger partial charge on any atom is 0.307 e. The number of phenolic OH excluding ortho intramolecular Hbond substituents is 1. The largest absolute Gasteiger partial charge is 0.507 e. The first-order chi connectivity index (χ1) is 18.2. The number of phenols is 1. The Kier molecular flexibility index (Phi) is 7.30. The first-order valence-corrected chi connectivity index (χ1v) is 13.1. The maximum absolute atomic E-state index is 13.7. The number of fused-ring (bicyclic) bond motifs is 1. The van der Waals surface area contributed by atoms with E-state index in [1.165, 1.54) is 0 Å². The van der Waals surface area contributed by atoms with Gasteiger partial charge in [-0.05, 0) is 46.2 Å². The molecule has 1 aromatic heterocycles. The Morgan fingerprint density at radius 2 is 1.28 bits per heavy atom. The molecular formula is C32H37N3O4. The summed E-state index contributed by atoms with van der Waals surface area (Å²) in [6.45, 7) is 12.5. The summed E-state index contributed by atoms with van der Waals surface area (Å²) in [5.41, 5.74) is 4.71. The lowest BCUT2D eigenvalue weighted by Crippen LogP contribution is -2.28. The molecule has 0 aliphatic heterocycles. The number of carboxylic acids is 1. The van der Waals surface area contributed by atoms with Gasteiger partial charge in [0.25, 0.3) is 0 Å². The van der Waals surface area contributed by atoms with E-state index in [0.717, 1.165) is 27.7 Å². The van der Waals surface area contributed by atoms with Crippen molar-refractivity contribution >= 4 is 22.8 Å². The van der Waals surface area contributed by atoms with E-state index >= 15 is 0 Å². The number of benzene rings is 3. The van der Waals surface area contributed by atoms with Crippen LogP contribution in [0.25, 0.3) is 11.0 Å². The Balaban J connectivity index is 1.74. The predicted molar refractivity (Wildman–Crippen MR) is 153 cm³/mol. The molecule has 39 heavy (non-hydrogen) atoms. The quantitative estimate of drug-likeness (QED) is 0.265. The molecule has 0 fully saturated rings. The molecule has 0 saturated heterocycles. The number of carbonyl (C=O) groups excluding carboxylic acids is 1. The molecule has 0 bridgehead atoms. The molecule has 0 aliphatic carbocycles. The van der Waals surface area contributed by atoms with Crippen LogP contribution >= 0.6 is 0 Å². The number of hydrogen-bond acceptors (Lipinski definition) is 4. The number of carboxylic acid groups (broad SMARTS) is 1. The fourth-order valence-electron chi connectivity index (χ4n) is 4.91. The highest BCUT2D eigenvalue weighted by Gasteiger charge is 2.28. The highest BCUT2D eigenvalue weighted by Crippen LogP contribution is 2.40. The number of carbonyl (C=O) groups is 2. The number of ketones is 1. The summed E-state index contributed by atoms with van der Waals surface area (Å²) < 4.78 is 3.57. The van der Waals surface area contributed by atoms with Gasteiger partial charge in [0.2, 0.25) is 5.62 Å². The van der Waals surface area contributed by atoms with Crippen molar-refractivity contribution in [3.05, 3.63) is 94.1 Å². The fourth-order valence-corrected chi connectivity index (χ4v) is 4.91. The van der Waals surface area contributed by atoms with Crippen molar-refractivity contribution in [1.82, 2.24) is 9.13 Å². The van der Waals surface area contributed by atoms with Gasteiger partial charge in [-0.15, -0.1) is 0 Å². The standard InChI is InChI=1S/C32H37N3O4/c1-31(2,3)23-16-22(17-24(29(23)39)32(4,5)6)27(36)19-35-26-10-8-7-9-25(26)34(30(35)33)18-21-13-11-20(12-14-21)15-28(37)38/h7-14,16-17,33,39H,15,18-19H2,1-6H3,(H,37,38). The first kappa shape index (κ1) is 27.9. The van der Waals surface area contributed by atoms with Crippen LogP contribution in [0.5, 0.6) is 5.75 Å². The third kappa shape index (κ3) is 5.82. The van der Waals surface area contributed by atoms with Gasteiger partial charge in [0, 0.05) is 16.7 Å². The van der Waals surface area contributed by atoms with Crippen molar-refractivity contribution in [3.8, 4) is 5.75 Å². The number of aliphatic carboxylic acids is 1. The summed E-state index contributed by atoms with van der Waals surface area (Å²) in [6, 6.07) is 18.6. The topological polar surface area (TPSA) is 108 Å². The number of Topliss-reactive ketones (excluding diaryl/α,β-unsaturated/α-hetero) is 1. The Bertz CT molecular complexity index is 1580.